The largest absolute Gasteiger partial charge is 0.396 e. The van der Waals surface area contributed by atoms with Crippen molar-refractivity contribution in [2.45, 2.75) is 6.54 Å². The zero-order valence-corrected chi connectivity index (χ0v) is 19.9. The van der Waals surface area contributed by atoms with E-state index in [1.807, 2.05) is 24.4 Å². The Morgan fingerprint density at radius 1 is 0.943 bits per heavy atom. The third-order valence-electron chi connectivity index (χ3n) is 5.11. The molecule has 1 aromatic carbocycles. The third-order valence-corrected chi connectivity index (χ3v) is 5.66. The monoisotopic (exact) mass is 509 g/mol. The molecule has 35 heavy (non-hydrogen) atoms. The van der Waals surface area contributed by atoms with Gasteiger partial charge >= 0.3 is 0 Å². The van der Waals surface area contributed by atoms with Gasteiger partial charge in [0, 0.05) is 42.1 Å². The summed E-state index contributed by atoms with van der Waals surface area (Å²) in [6, 6.07) is 12.4. The molecule has 5 rings (SSSR count). The second-order valence-electron chi connectivity index (χ2n) is 7.62. The van der Waals surface area contributed by atoms with Crippen LogP contribution in [0.2, 0.25) is 10.0 Å². The molecule has 0 aliphatic rings. The zero-order chi connectivity index (χ0) is 24.4. The summed E-state index contributed by atoms with van der Waals surface area (Å²) < 4.78 is 3.41. The molecule has 0 radical (unpaired) electrons. The lowest BCUT2D eigenvalue weighted by atomic mass is 10.1. The molecule has 0 saturated heterocycles. The van der Waals surface area contributed by atoms with Gasteiger partial charge in [0.1, 0.15) is 18.2 Å². The van der Waals surface area contributed by atoms with Crippen molar-refractivity contribution in [1.29, 1.82) is 0 Å². The van der Waals surface area contributed by atoms with Crippen molar-refractivity contribution in [3.05, 3.63) is 70.7 Å². The summed E-state index contributed by atoms with van der Waals surface area (Å²) in [7, 11) is 0. The lowest BCUT2D eigenvalue weighted by molar-refractivity contribution is 0.654. The van der Waals surface area contributed by atoms with Crippen molar-refractivity contribution in [3.8, 4) is 11.3 Å². The number of nitrogen functional groups attached to an aromatic ring is 2. The number of nitrogens with one attached hydrogen (secondary N) is 2. The first-order valence-electron chi connectivity index (χ1n) is 10.7. The first-order chi connectivity index (χ1) is 17.0. The van der Waals surface area contributed by atoms with E-state index < -0.39 is 0 Å². The number of benzene rings is 1. The van der Waals surface area contributed by atoms with Crippen LogP contribution in [0.4, 0.5) is 23.3 Å². The number of hydrogen-bond acceptors (Lipinski definition) is 9. The second-order valence-corrected chi connectivity index (χ2v) is 8.46. The van der Waals surface area contributed by atoms with Gasteiger partial charge in [0.2, 0.25) is 5.95 Å². The Kier molecular flexibility index (Phi) is 6.25. The molecule has 0 fully saturated rings. The number of hydrogen-bond donors (Lipinski definition) is 4. The molecule has 0 atom stereocenters. The Morgan fingerprint density at radius 3 is 2.57 bits per heavy atom. The molecule has 11 nitrogen and oxygen atoms in total. The van der Waals surface area contributed by atoms with Gasteiger partial charge in [0.15, 0.2) is 11.5 Å². The van der Waals surface area contributed by atoms with Crippen LogP contribution in [0.5, 0.6) is 0 Å². The van der Waals surface area contributed by atoms with Crippen LogP contribution >= 0.6 is 23.2 Å². The van der Waals surface area contributed by atoms with E-state index in [-0.39, 0.29) is 5.82 Å². The summed E-state index contributed by atoms with van der Waals surface area (Å²) in [6.45, 7) is 1.48. The Hall–Kier alpha value is -4.09. The van der Waals surface area contributed by atoms with Gasteiger partial charge in [0.25, 0.3) is 0 Å². The topological polar surface area (TPSA) is 150 Å². The number of pyridine rings is 1. The number of halogens is 2. The highest BCUT2D eigenvalue weighted by Gasteiger charge is 2.15. The van der Waals surface area contributed by atoms with Crippen LogP contribution in [0.25, 0.3) is 16.9 Å². The summed E-state index contributed by atoms with van der Waals surface area (Å²) in [5.41, 5.74) is 13.9. The van der Waals surface area contributed by atoms with E-state index >= 15 is 0 Å². The minimum Gasteiger partial charge on any atom is -0.396 e. The van der Waals surface area contributed by atoms with Crippen LogP contribution in [-0.2, 0) is 6.54 Å². The third kappa shape index (κ3) is 5.05. The first-order valence-corrected chi connectivity index (χ1v) is 11.4. The standard InChI is InChI=1S/C22H21Cl2N11/c23-13-2-3-14(15(24)10-13)17-11-20-31-19(12-34-9-1-6-29-34)33-35(20)22(30-17)28-8-7-27-18-5-4-16(25)21(26)32-18/h1-6,9-11H,7-8,12,25H2,(H,28,30)(H3,26,27,32). The van der Waals surface area contributed by atoms with Crippen LogP contribution in [0.1, 0.15) is 5.82 Å². The molecule has 0 bridgehead atoms. The van der Waals surface area contributed by atoms with Crippen LogP contribution in [-0.4, -0.2) is 47.4 Å². The highest BCUT2D eigenvalue weighted by Crippen LogP contribution is 2.30. The molecule has 4 heterocycles. The van der Waals surface area contributed by atoms with Gasteiger partial charge in [-0.15, -0.1) is 5.10 Å². The van der Waals surface area contributed by atoms with Gasteiger partial charge in [-0.1, -0.05) is 23.2 Å². The average Bonchev–Trinajstić information content (AvgIpc) is 3.48. The van der Waals surface area contributed by atoms with E-state index in [0.717, 1.165) is 5.56 Å². The minimum absolute atomic E-state index is 0.284. The maximum Gasteiger partial charge on any atom is 0.226 e. The fourth-order valence-electron chi connectivity index (χ4n) is 3.44. The Morgan fingerprint density at radius 2 is 1.80 bits per heavy atom. The first kappa shape index (κ1) is 22.7. The normalized spacial score (nSPS) is 11.1. The fraction of sp³-hybridized carbons (Fsp3) is 0.136. The predicted molar refractivity (Wildman–Crippen MR) is 138 cm³/mol. The van der Waals surface area contributed by atoms with Crippen LogP contribution in [0, 0.1) is 0 Å². The molecule has 5 aromatic rings. The van der Waals surface area contributed by atoms with Crippen molar-refractivity contribution >= 4 is 52.1 Å². The van der Waals surface area contributed by atoms with Gasteiger partial charge in [-0.2, -0.15) is 9.61 Å². The van der Waals surface area contributed by atoms with Crippen molar-refractivity contribution in [2.24, 2.45) is 0 Å². The molecule has 0 aliphatic heterocycles. The molecule has 0 saturated carbocycles. The van der Waals surface area contributed by atoms with Crippen LogP contribution in [0.3, 0.4) is 0 Å². The van der Waals surface area contributed by atoms with Crippen LogP contribution < -0.4 is 22.1 Å². The van der Waals surface area contributed by atoms with Gasteiger partial charge in [-0.05, 0) is 36.4 Å². The molecular weight excluding hydrogens is 489 g/mol. The van der Waals surface area contributed by atoms with E-state index in [4.69, 9.17) is 39.7 Å². The number of anilines is 4. The fourth-order valence-corrected chi connectivity index (χ4v) is 3.94. The lowest BCUT2D eigenvalue weighted by Gasteiger charge is -2.11. The maximum atomic E-state index is 6.45. The second kappa shape index (κ2) is 9.65. The molecule has 178 valence electrons. The molecule has 4 aromatic heterocycles. The van der Waals surface area contributed by atoms with E-state index in [1.54, 1.807) is 39.7 Å². The van der Waals surface area contributed by atoms with E-state index in [1.165, 1.54) is 0 Å². The van der Waals surface area contributed by atoms with Crippen molar-refractivity contribution < 1.29 is 0 Å². The number of aromatic nitrogens is 7. The van der Waals surface area contributed by atoms with E-state index in [9.17, 15) is 0 Å². The Bertz CT molecular complexity index is 1480. The Balaban J connectivity index is 1.42. The Labute approximate surface area is 210 Å². The lowest BCUT2D eigenvalue weighted by Crippen LogP contribution is -2.17. The van der Waals surface area contributed by atoms with Crippen molar-refractivity contribution in [2.75, 3.05) is 35.2 Å². The number of fused-ring (bicyclic) bond motifs is 1. The summed E-state index contributed by atoms with van der Waals surface area (Å²) in [4.78, 5) is 13.6. The molecule has 6 N–H and O–H groups in total. The smallest absolute Gasteiger partial charge is 0.226 e. The highest BCUT2D eigenvalue weighted by molar-refractivity contribution is 6.36. The van der Waals surface area contributed by atoms with E-state index in [2.05, 4.69) is 30.8 Å². The summed E-state index contributed by atoms with van der Waals surface area (Å²) in [5.74, 6) is 2.01. The minimum atomic E-state index is 0.284. The number of nitrogens with two attached hydrogens (primary N) is 2. The summed E-state index contributed by atoms with van der Waals surface area (Å²) in [5, 5.41) is 16.4. The number of rotatable bonds is 8. The van der Waals surface area contributed by atoms with Crippen LogP contribution in [0.15, 0.2) is 54.9 Å². The summed E-state index contributed by atoms with van der Waals surface area (Å²) in [6.07, 6.45) is 3.56. The highest BCUT2D eigenvalue weighted by atomic mass is 35.5. The van der Waals surface area contributed by atoms with Gasteiger partial charge in [-0.3, -0.25) is 4.68 Å². The predicted octanol–water partition coefficient (Wildman–Crippen LogP) is 3.43. The average molecular weight is 510 g/mol. The SMILES string of the molecule is Nc1ccc(NCCNc2nc(-c3ccc(Cl)cc3Cl)cc3nc(Cn4cccn4)nn23)nc1N. The molecule has 0 spiro atoms. The molecule has 0 amide bonds. The number of nitrogens with zero attached hydrogens (tertiary/aromatic N) is 7. The van der Waals surface area contributed by atoms with Gasteiger partial charge < -0.3 is 22.1 Å². The van der Waals surface area contributed by atoms with E-state index in [0.29, 0.717) is 64.3 Å². The molecule has 0 unspecified atom stereocenters. The summed E-state index contributed by atoms with van der Waals surface area (Å²) >= 11 is 12.5. The van der Waals surface area contributed by atoms with Gasteiger partial charge in [0.05, 0.1) is 16.4 Å². The van der Waals surface area contributed by atoms with Gasteiger partial charge in [-0.25, -0.2) is 15.0 Å². The van der Waals surface area contributed by atoms with Crippen molar-refractivity contribution in [3.63, 3.8) is 0 Å². The zero-order valence-electron chi connectivity index (χ0n) is 18.4. The molecular formula is C22H21Cl2N11. The maximum absolute atomic E-state index is 6.45. The molecule has 13 heteroatoms. The molecule has 0 aliphatic carbocycles. The van der Waals surface area contributed by atoms with Crippen molar-refractivity contribution in [1.82, 2.24) is 34.3 Å². The quantitative estimate of drug-likeness (QED) is 0.230.